The van der Waals surface area contributed by atoms with Crippen molar-refractivity contribution in [2.75, 3.05) is 39.3 Å². The van der Waals surface area contributed by atoms with E-state index < -0.39 is 27.9 Å². The highest BCUT2D eigenvalue weighted by molar-refractivity contribution is 7.89. The van der Waals surface area contributed by atoms with Crippen molar-refractivity contribution in [2.45, 2.75) is 17.2 Å². The molecule has 11 heteroatoms. The van der Waals surface area contributed by atoms with Crippen LogP contribution in [0.2, 0.25) is 10.0 Å². The molecule has 198 valence electrons. The quantitative estimate of drug-likeness (QED) is 0.326. The fourth-order valence-electron chi connectivity index (χ4n) is 4.21. The van der Waals surface area contributed by atoms with Gasteiger partial charge in [0.05, 0.1) is 22.2 Å². The SMILES string of the molecule is O=S(=O)(c1cccc(Cl)c1Cl)N1CCN(CCO[C@@H](c2ccccc2)c2cccc(C(F)(F)F)c2)CC1. The van der Waals surface area contributed by atoms with Crippen molar-refractivity contribution < 1.29 is 26.3 Å². The molecule has 3 aromatic rings. The first kappa shape index (κ1) is 27.9. The second kappa shape index (κ2) is 11.7. The highest BCUT2D eigenvalue weighted by atomic mass is 35.5. The summed E-state index contributed by atoms with van der Waals surface area (Å²) >= 11 is 12.1. The highest BCUT2D eigenvalue weighted by Crippen LogP contribution is 2.34. The van der Waals surface area contributed by atoms with Gasteiger partial charge in [-0.05, 0) is 35.4 Å². The third kappa shape index (κ3) is 6.66. The summed E-state index contributed by atoms with van der Waals surface area (Å²) in [5, 5.41) is 0.175. The van der Waals surface area contributed by atoms with Gasteiger partial charge < -0.3 is 4.74 Å². The Hall–Kier alpha value is -2.14. The summed E-state index contributed by atoms with van der Waals surface area (Å²) in [6.45, 7) is 2.22. The topological polar surface area (TPSA) is 49.9 Å². The standard InChI is InChI=1S/C26H25Cl2F3N2O3S/c27-22-10-5-11-23(24(22)28)37(34,35)33-14-12-32(13-15-33)16-17-36-25(19-6-2-1-3-7-19)20-8-4-9-21(18-20)26(29,30)31/h1-11,18,25H,12-17H2/t25-/m0/s1. The van der Waals surface area contributed by atoms with Gasteiger partial charge in [0.2, 0.25) is 10.0 Å². The van der Waals surface area contributed by atoms with Gasteiger partial charge in [0.1, 0.15) is 11.0 Å². The molecule has 0 unspecified atom stereocenters. The number of hydrogen-bond donors (Lipinski definition) is 0. The van der Waals surface area contributed by atoms with E-state index in [1.807, 2.05) is 30.3 Å². The normalized spacial score (nSPS) is 16.6. The molecule has 0 bridgehead atoms. The van der Waals surface area contributed by atoms with Crippen LogP contribution in [0.3, 0.4) is 0 Å². The number of hydrogen-bond acceptors (Lipinski definition) is 4. The van der Waals surface area contributed by atoms with E-state index in [1.54, 1.807) is 12.1 Å². The number of piperazine rings is 1. The number of rotatable bonds is 8. The molecule has 0 saturated carbocycles. The van der Waals surface area contributed by atoms with E-state index in [9.17, 15) is 21.6 Å². The maximum Gasteiger partial charge on any atom is 0.416 e. The number of sulfonamides is 1. The number of benzene rings is 3. The monoisotopic (exact) mass is 572 g/mol. The van der Waals surface area contributed by atoms with E-state index in [0.29, 0.717) is 25.2 Å². The number of ether oxygens (including phenoxy) is 1. The molecule has 37 heavy (non-hydrogen) atoms. The largest absolute Gasteiger partial charge is 0.416 e. The third-order valence-electron chi connectivity index (χ3n) is 6.18. The van der Waals surface area contributed by atoms with Crippen LogP contribution in [0, 0.1) is 0 Å². The Morgan fingerprint density at radius 3 is 2.19 bits per heavy atom. The van der Waals surface area contributed by atoms with Crippen molar-refractivity contribution in [2.24, 2.45) is 0 Å². The van der Waals surface area contributed by atoms with Crippen LogP contribution >= 0.6 is 23.2 Å². The summed E-state index contributed by atoms with van der Waals surface area (Å²) in [5.41, 5.74) is 0.429. The first-order valence-corrected chi connectivity index (χ1v) is 13.8. The zero-order chi connectivity index (χ0) is 26.6. The Balaban J connectivity index is 1.39. The smallest absolute Gasteiger partial charge is 0.367 e. The molecule has 1 heterocycles. The molecule has 0 N–H and O–H groups in total. The van der Waals surface area contributed by atoms with Crippen molar-refractivity contribution >= 4 is 33.2 Å². The van der Waals surface area contributed by atoms with Gasteiger partial charge in [-0.25, -0.2) is 8.42 Å². The maximum absolute atomic E-state index is 13.3. The minimum Gasteiger partial charge on any atom is -0.367 e. The molecular formula is C26H25Cl2F3N2O3S. The van der Waals surface area contributed by atoms with Crippen molar-refractivity contribution in [1.82, 2.24) is 9.21 Å². The Bertz CT molecular complexity index is 1320. The number of nitrogens with zero attached hydrogens (tertiary/aromatic N) is 2. The molecule has 3 aromatic carbocycles. The molecule has 0 spiro atoms. The van der Waals surface area contributed by atoms with E-state index in [-0.39, 0.29) is 34.6 Å². The van der Waals surface area contributed by atoms with Crippen LogP contribution in [0.15, 0.2) is 77.7 Å². The van der Waals surface area contributed by atoms with Gasteiger partial charge in [-0.15, -0.1) is 0 Å². The van der Waals surface area contributed by atoms with Crippen LogP contribution in [0.5, 0.6) is 0 Å². The van der Waals surface area contributed by atoms with E-state index >= 15 is 0 Å². The fourth-order valence-corrected chi connectivity index (χ4v) is 6.36. The second-order valence-electron chi connectivity index (χ2n) is 8.58. The Morgan fingerprint density at radius 2 is 1.51 bits per heavy atom. The molecule has 1 saturated heterocycles. The molecule has 0 amide bonds. The zero-order valence-corrected chi connectivity index (χ0v) is 22.0. The molecule has 0 aliphatic carbocycles. The summed E-state index contributed by atoms with van der Waals surface area (Å²) in [7, 11) is -3.79. The summed E-state index contributed by atoms with van der Waals surface area (Å²) in [6.07, 6.45) is -5.12. The van der Waals surface area contributed by atoms with Gasteiger partial charge in [0.25, 0.3) is 0 Å². The maximum atomic E-state index is 13.3. The van der Waals surface area contributed by atoms with E-state index in [2.05, 4.69) is 4.90 Å². The van der Waals surface area contributed by atoms with Gasteiger partial charge in [0.15, 0.2) is 0 Å². The first-order valence-electron chi connectivity index (χ1n) is 11.6. The van der Waals surface area contributed by atoms with Crippen molar-refractivity contribution in [1.29, 1.82) is 0 Å². The summed E-state index contributed by atoms with van der Waals surface area (Å²) in [4.78, 5) is 2.03. The lowest BCUT2D eigenvalue weighted by molar-refractivity contribution is -0.137. The van der Waals surface area contributed by atoms with Gasteiger partial charge >= 0.3 is 6.18 Å². The van der Waals surface area contributed by atoms with Crippen LogP contribution in [0.1, 0.15) is 22.8 Å². The van der Waals surface area contributed by atoms with E-state index in [4.69, 9.17) is 27.9 Å². The summed E-state index contributed by atoms with van der Waals surface area (Å²) < 4.78 is 73.4. The zero-order valence-electron chi connectivity index (χ0n) is 19.7. The fraction of sp³-hybridized carbons (Fsp3) is 0.308. The molecular weight excluding hydrogens is 548 g/mol. The van der Waals surface area contributed by atoms with E-state index in [0.717, 1.165) is 17.7 Å². The summed E-state index contributed by atoms with van der Waals surface area (Å²) in [5.74, 6) is 0. The predicted octanol–water partition coefficient (Wildman–Crippen LogP) is 6.12. The van der Waals surface area contributed by atoms with Gasteiger partial charge in [-0.3, -0.25) is 4.90 Å². The van der Waals surface area contributed by atoms with Crippen molar-refractivity contribution in [3.63, 3.8) is 0 Å². The average molecular weight is 573 g/mol. The van der Waals surface area contributed by atoms with Crippen molar-refractivity contribution in [3.8, 4) is 0 Å². The molecule has 4 rings (SSSR count). The van der Waals surface area contributed by atoms with Crippen LogP contribution < -0.4 is 0 Å². The van der Waals surface area contributed by atoms with Gasteiger partial charge in [0, 0.05) is 32.7 Å². The second-order valence-corrected chi connectivity index (χ2v) is 11.3. The van der Waals surface area contributed by atoms with E-state index in [1.165, 1.54) is 22.5 Å². The van der Waals surface area contributed by atoms with Crippen LogP contribution in [-0.4, -0.2) is 57.0 Å². The lowest BCUT2D eigenvalue weighted by atomic mass is 9.99. The number of alkyl halides is 3. The molecule has 0 aromatic heterocycles. The van der Waals surface area contributed by atoms with Gasteiger partial charge in [-0.1, -0.05) is 71.7 Å². The molecule has 1 aliphatic heterocycles. The summed E-state index contributed by atoms with van der Waals surface area (Å²) in [6, 6.07) is 18.7. The van der Waals surface area contributed by atoms with Crippen LogP contribution in [0.4, 0.5) is 13.2 Å². The molecule has 1 atom stereocenters. The average Bonchev–Trinajstić information content (AvgIpc) is 2.88. The highest BCUT2D eigenvalue weighted by Gasteiger charge is 2.32. The van der Waals surface area contributed by atoms with Gasteiger partial charge in [-0.2, -0.15) is 17.5 Å². The van der Waals surface area contributed by atoms with Crippen molar-refractivity contribution in [3.05, 3.63) is 99.5 Å². The predicted molar refractivity (Wildman–Crippen MR) is 137 cm³/mol. The molecule has 0 radical (unpaired) electrons. The van der Waals surface area contributed by atoms with Crippen LogP contribution in [-0.2, 0) is 20.9 Å². The minimum atomic E-state index is -4.45. The lowest BCUT2D eigenvalue weighted by Crippen LogP contribution is -2.49. The molecule has 1 aliphatic rings. The third-order valence-corrected chi connectivity index (χ3v) is 9.05. The minimum absolute atomic E-state index is 0.00143. The Kier molecular flexibility index (Phi) is 8.83. The first-order chi connectivity index (χ1) is 17.6. The van der Waals surface area contributed by atoms with Crippen LogP contribution in [0.25, 0.3) is 0 Å². The molecule has 5 nitrogen and oxygen atoms in total. The molecule has 1 fully saturated rings. The number of halogens is 5. The Labute approximate surface area is 224 Å². The Morgan fingerprint density at radius 1 is 0.865 bits per heavy atom. The lowest BCUT2D eigenvalue weighted by Gasteiger charge is -2.34.